The van der Waals surface area contributed by atoms with Gasteiger partial charge in [0.2, 0.25) is 0 Å². The first-order valence-corrected chi connectivity index (χ1v) is 2.75. The number of ketones is 1. The van der Waals surface area contributed by atoms with Crippen LogP contribution in [-0.2, 0) is 4.79 Å². The summed E-state index contributed by atoms with van der Waals surface area (Å²) in [4.78, 5) is 10.5. The fraction of sp³-hybridized carbons (Fsp3) is 0.800. The van der Waals surface area contributed by atoms with Gasteiger partial charge in [0.1, 0.15) is 12.2 Å². The maximum Gasteiger partial charge on any atom is 0.194 e. The first kappa shape index (κ1) is 9.51. The standard InChI is InChI=1S/C5H10O5/c6-1-3(8)5(10)4(9)2-7/h3-4,6-9H,1-2H2/t3-,4+/i5+1. The summed E-state index contributed by atoms with van der Waals surface area (Å²) in [6.45, 7) is -1.48. The molecule has 0 saturated carbocycles. The fourth-order valence-electron chi connectivity index (χ4n) is 0.402. The molecule has 0 aromatic heterocycles. The fourth-order valence-corrected chi connectivity index (χ4v) is 0.402. The molecule has 0 spiro atoms. The predicted molar refractivity (Wildman–Crippen MR) is 31.2 cm³/mol. The zero-order valence-corrected chi connectivity index (χ0v) is 5.27. The molecule has 0 aromatic rings. The van der Waals surface area contributed by atoms with Gasteiger partial charge in [-0.1, -0.05) is 0 Å². The van der Waals surface area contributed by atoms with Crippen LogP contribution in [0.4, 0.5) is 0 Å². The molecule has 0 fully saturated rings. The van der Waals surface area contributed by atoms with Gasteiger partial charge in [-0.05, 0) is 0 Å². The number of rotatable bonds is 4. The van der Waals surface area contributed by atoms with E-state index in [-0.39, 0.29) is 0 Å². The lowest BCUT2D eigenvalue weighted by Gasteiger charge is -2.08. The van der Waals surface area contributed by atoms with Crippen LogP contribution in [0.5, 0.6) is 0 Å². The molecule has 0 aliphatic carbocycles. The van der Waals surface area contributed by atoms with Crippen LogP contribution >= 0.6 is 0 Å². The van der Waals surface area contributed by atoms with Crippen molar-refractivity contribution in [2.75, 3.05) is 13.2 Å². The SMILES string of the molecule is O=[13C]([C@H](O)CO)[C@@H](O)CO. The van der Waals surface area contributed by atoms with E-state index in [1.165, 1.54) is 0 Å². The molecule has 0 rings (SSSR count). The van der Waals surface area contributed by atoms with Crippen molar-refractivity contribution in [1.82, 2.24) is 0 Å². The maximum absolute atomic E-state index is 10.5. The summed E-state index contributed by atoms with van der Waals surface area (Å²) < 4.78 is 0. The molecule has 0 aromatic carbocycles. The summed E-state index contributed by atoms with van der Waals surface area (Å²) in [6, 6.07) is 0. The molecule has 4 N–H and O–H groups in total. The highest BCUT2D eigenvalue weighted by Crippen LogP contribution is 1.90. The van der Waals surface area contributed by atoms with Crippen LogP contribution < -0.4 is 0 Å². The molecule has 0 aliphatic rings. The highest BCUT2D eigenvalue weighted by atomic mass is 16.4. The summed E-state index contributed by atoms with van der Waals surface area (Å²) >= 11 is 0. The first-order chi connectivity index (χ1) is 4.63. The van der Waals surface area contributed by atoms with Gasteiger partial charge in [0.05, 0.1) is 13.2 Å². The van der Waals surface area contributed by atoms with Crippen molar-refractivity contribution in [3.8, 4) is 0 Å². The number of hydrogen-bond acceptors (Lipinski definition) is 5. The Bertz CT molecular complexity index is 101. The van der Waals surface area contributed by atoms with E-state index in [1.54, 1.807) is 0 Å². The number of carbonyl (C=O) groups is 1. The minimum absolute atomic E-state index is 0.740. The van der Waals surface area contributed by atoms with E-state index in [4.69, 9.17) is 20.4 Å². The van der Waals surface area contributed by atoms with Crippen molar-refractivity contribution in [1.29, 1.82) is 0 Å². The summed E-state index contributed by atoms with van der Waals surface area (Å²) in [6.07, 6.45) is -3.19. The Morgan fingerprint density at radius 1 is 1.10 bits per heavy atom. The number of aliphatic hydroxyl groups is 4. The van der Waals surface area contributed by atoms with Gasteiger partial charge in [-0.3, -0.25) is 4.79 Å². The normalized spacial score (nSPS) is 16.4. The highest BCUT2D eigenvalue weighted by molar-refractivity contribution is 5.87. The van der Waals surface area contributed by atoms with E-state index in [9.17, 15) is 4.79 Å². The van der Waals surface area contributed by atoms with Gasteiger partial charge in [-0.2, -0.15) is 0 Å². The average molecular weight is 151 g/mol. The van der Waals surface area contributed by atoms with Gasteiger partial charge in [0.15, 0.2) is 5.78 Å². The van der Waals surface area contributed by atoms with Gasteiger partial charge < -0.3 is 20.4 Å². The average Bonchev–Trinajstić information content (AvgIpc) is 2.00. The Hall–Kier alpha value is -0.490. The Kier molecular flexibility index (Phi) is 4.13. The zero-order valence-electron chi connectivity index (χ0n) is 5.27. The summed E-state index contributed by atoms with van der Waals surface area (Å²) in [5.74, 6) is -0.968. The largest absolute Gasteiger partial charge is 0.393 e. The third kappa shape index (κ3) is 2.40. The van der Waals surface area contributed by atoms with E-state index >= 15 is 0 Å². The van der Waals surface area contributed by atoms with Crippen molar-refractivity contribution < 1.29 is 25.2 Å². The van der Waals surface area contributed by atoms with Gasteiger partial charge in [-0.25, -0.2) is 0 Å². The van der Waals surface area contributed by atoms with Gasteiger partial charge in [0, 0.05) is 0 Å². The summed E-state index contributed by atoms with van der Waals surface area (Å²) in [5, 5.41) is 33.5. The lowest BCUT2D eigenvalue weighted by atomic mass is 10.4. The van der Waals surface area contributed by atoms with E-state index in [2.05, 4.69) is 0 Å². The van der Waals surface area contributed by atoms with Crippen LogP contribution in [0.2, 0.25) is 0 Å². The molecule has 0 bridgehead atoms. The van der Waals surface area contributed by atoms with Gasteiger partial charge in [-0.15, -0.1) is 0 Å². The smallest absolute Gasteiger partial charge is 0.194 e. The second kappa shape index (κ2) is 4.35. The molecule has 10 heavy (non-hydrogen) atoms. The monoisotopic (exact) mass is 151 g/mol. The maximum atomic E-state index is 10.5. The van der Waals surface area contributed by atoms with E-state index in [1.807, 2.05) is 0 Å². The Labute approximate surface area is 57.5 Å². The van der Waals surface area contributed by atoms with Crippen LogP contribution in [0, 0.1) is 0 Å². The molecule has 0 unspecified atom stereocenters. The minimum Gasteiger partial charge on any atom is -0.393 e. The molecular weight excluding hydrogens is 141 g/mol. The Morgan fingerprint density at radius 2 is 1.40 bits per heavy atom. The number of carbonyl (C=O) groups excluding carboxylic acids is 1. The van der Waals surface area contributed by atoms with Crippen molar-refractivity contribution in [3.05, 3.63) is 0 Å². The van der Waals surface area contributed by atoms with Gasteiger partial charge >= 0.3 is 0 Å². The molecule has 0 aliphatic heterocycles. The minimum atomic E-state index is -1.60. The molecular formula is C5H10O5. The van der Waals surface area contributed by atoms with Crippen molar-refractivity contribution >= 4 is 5.78 Å². The number of hydrogen-bond donors (Lipinski definition) is 4. The lowest BCUT2D eigenvalue weighted by molar-refractivity contribution is -0.139. The first-order valence-electron chi connectivity index (χ1n) is 2.75. The molecule has 2 atom stereocenters. The second-order valence-corrected chi connectivity index (χ2v) is 1.80. The van der Waals surface area contributed by atoms with Crippen LogP contribution in [0.1, 0.15) is 0 Å². The lowest BCUT2D eigenvalue weighted by Crippen LogP contribution is -2.36. The topological polar surface area (TPSA) is 98.0 Å². The van der Waals surface area contributed by atoms with Gasteiger partial charge in [0.25, 0.3) is 0 Å². The molecule has 0 radical (unpaired) electrons. The predicted octanol–water partition coefficient (Wildman–Crippen LogP) is -2.74. The van der Waals surface area contributed by atoms with Crippen LogP contribution in [0.25, 0.3) is 0 Å². The Balaban J connectivity index is 3.82. The summed E-state index contributed by atoms with van der Waals surface area (Å²) in [7, 11) is 0. The number of aliphatic hydroxyl groups excluding tert-OH is 4. The highest BCUT2D eigenvalue weighted by Gasteiger charge is 2.21. The van der Waals surface area contributed by atoms with Crippen molar-refractivity contribution in [2.24, 2.45) is 0 Å². The molecule has 5 heteroatoms. The third-order valence-electron chi connectivity index (χ3n) is 1.00. The van der Waals surface area contributed by atoms with Crippen molar-refractivity contribution in [3.63, 3.8) is 0 Å². The quantitative estimate of drug-likeness (QED) is 0.327. The van der Waals surface area contributed by atoms with E-state index < -0.39 is 31.2 Å². The van der Waals surface area contributed by atoms with E-state index in [0.29, 0.717) is 0 Å². The third-order valence-corrected chi connectivity index (χ3v) is 1.00. The van der Waals surface area contributed by atoms with Crippen molar-refractivity contribution in [2.45, 2.75) is 12.2 Å². The summed E-state index contributed by atoms with van der Waals surface area (Å²) in [5.41, 5.74) is 0. The molecule has 0 saturated heterocycles. The molecule has 60 valence electrons. The molecule has 5 nitrogen and oxygen atoms in total. The van der Waals surface area contributed by atoms with E-state index in [0.717, 1.165) is 0 Å². The van der Waals surface area contributed by atoms with Crippen LogP contribution in [0.3, 0.4) is 0 Å². The Morgan fingerprint density at radius 3 is 1.60 bits per heavy atom. The zero-order chi connectivity index (χ0) is 8.15. The second-order valence-electron chi connectivity index (χ2n) is 1.80. The van der Waals surface area contributed by atoms with Crippen LogP contribution in [0.15, 0.2) is 0 Å². The molecule has 0 amide bonds. The van der Waals surface area contributed by atoms with Crippen LogP contribution in [-0.4, -0.2) is 51.6 Å². The molecule has 0 heterocycles. The number of Topliss-reactive ketones (excluding diaryl/α,β-unsaturated/α-hetero) is 1.